The lowest BCUT2D eigenvalue weighted by Gasteiger charge is -2.12. The number of nitrogens with one attached hydrogen (secondary N) is 1. The minimum atomic E-state index is -4.01. The quantitative estimate of drug-likeness (QED) is 0.732. The second-order valence-corrected chi connectivity index (χ2v) is 10.9. The van der Waals surface area contributed by atoms with Gasteiger partial charge in [0, 0.05) is 11.8 Å². The third-order valence-electron chi connectivity index (χ3n) is 4.47. The Bertz CT molecular complexity index is 1130. The van der Waals surface area contributed by atoms with Gasteiger partial charge in [0.15, 0.2) is 19.7 Å². The monoisotopic (exact) mass is 427 g/mol. The van der Waals surface area contributed by atoms with E-state index >= 15 is 0 Å². The van der Waals surface area contributed by atoms with E-state index in [-0.39, 0.29) is 17.1 Å². The molecule has 28 heavy (non-hydrogen) atoms. The number of hydrogen-bond donors (Lipinski definition) is 1. The summed E-state index contributed by atoms with van der Waals surface area (Å²) < 4.78 is 67.9. The third-order valence-corrected chi connectivity index (χ3v) is 8.64. The van der Waals surface area contributed by atoms with E-state index in [9.17, 15) is 26.0 Å². The molecule has 0 unspecified atom stereocenters. The van der Waals surface area contributed by atoms with E-state index in [4.69, 9.17) is 4.74 Å². The molecule has 0 bridgehead atoms. The average Bonchev–Trinajstić information content (AvgIpc) is 3.02. The third kappa shape index (κ3) is 4.17. The van der Waals surface area contributed by atoms with E-state index in [1.54, 1.807) is 18.2 Å². The molecule has 0 radical (unpaired) electrons. The van der Waals surface area contributed by atoms with E-state index in [0.717, 1.165) is 18.2 Å². The molecule has 2 aromatic rings. The first-order chi connectivity index (χ1) is 13.1. The number of rotatable bonds is 5. The average molecular weight is 427 g/mol. The Balaban J connectivity index is 1.90. The molecule has 10 heteroatoms. The summed E-state index contributed by atoms with van der Waals surface area (Å²) in [5.41, 5.74) is -0.108. The van der Waals surface area contributed by atoms with Crippen molar-refractivity contribution in [1.29, 1.82) is 0 Å². The highest BCUT2D eigenvalue weighted by molar-refractivity contribution is 7.96. The molecule has 1 atom stereocenters. The van der Waals surface area contributed by atoms with Crippen LogP contribution in [0.4, 0.5) is 10.1 Å². The van der Waals surface area contributed by atoms with Crippen molar-refractivity contribution in [1.82, 2.24) is 0 Å². The minimum absolute atomic E-state index is 0.0205. The number of halogens is 1. The van der Waals surface area contributed by atoms with Crippen LogP contribution in [0.5, 0.6) is 5.75 Å². The van der Waals surface area contributed by atoms with Gasteiger partial charge in [-0.3, -0.25) is 4.79 Å². The zero-order chi connectivity index (χ0) is 20.5. The summed E-state index contributed by atoms with van der Waals surface area (Å²) in [6.45, 7) is 0. The van der Waals surface area contributed by atoms with Gasteiger partial charge in [-0.25, -0.2) is 21.2 Å². The van der Waals surface area contributed by atoms with Crippen LogP contribution in [-0.2, 0) is 19.7 Å². The van der Waals surface area contributed by atoms with Gasteiger partial charge in [0.2, 0.25) is 0 Å². The summed E-state index contributed by atoms with van der Waals surface area (Å²) in [5.74, 6) is -1.92. The molecule has 1 amide bonds. The Kier molecular flexibility index (Phi) is 5.44. The first kappa shape index (κ1) is 20.3. The maximum Gasteiger partial charge on any atom is 0.258 e. The van der Waals surface area contributed by atoms with E-state index < -0.39 is 48.0 Å². The van der Waals surface area contributed by atoms with Crippen molar-refractivity contribution >= 4 is 31.3 Å². The van der Waals surface area contributed by atoms with Crippen molar-refractivity contribution in [3.63, 3.8) is 0 Å². The topological polar surface area (TPSA) is 107 Å². The van der Waals surface area contributed by atoms with Crippen LogP contribution >= 0.6 is 0 Å². The molecule has 0 saturated carbocycles. The van der Waals surface area contributed by atoms with Gasteiger partial charge in [-0.05, 0) is 36.8 Å². The van der Waals surface area contributed by atoms with Crippen molar-refractivity contribution in [2.75, 3.05) is 23.9 Å². The highest BCUT2D eigenvalue weighted by Crippen LogP contribution is 2.27. The van der Waals surface area contributed by atoms with Crippen molar-refractivity contribution in [3.8, 4) is 5.75 Å². The van der Waals surface area contributed by atoms with Gasteiger partial charge in [-0.15, -0.1) is 0 Å². The van der Waals surface area contributed by atoms with Gasteiger partial charge in [0.25, 0.3) is 5.91 Å². The molecule has 7 nitrogen and oxygen atoms in total. The van der Waals surface area contributed by atoms with Crippen LogP contribution in [0, 0.1) is 5.82 Å². The largest absolute Gasteiger partial charge is 0.497 e. The molecule has 1 aliphatic heterocycles. The molecular weight excluding hydrogens is 409 g/mol. The molecule has 1 saturated heterocycles. The van der Waals surface area contributed by atoms with Crippen LogP contribution in [0.2, 0.25) is 0 Å². The van der Waals surface area contributed by atoms with Gasteiger partial charge < -0.3 is 10.1 Å². The van der Waals surface area contributed by atoms with Crippen molar-refractivity contribution in [2.45, 2.75) is 16.6 Å². The molecule has 0 spiro atoms. The summed E-state index contributed by atoms with van der Waals surface area (Å²) >= 11 is 0. The Morgan fingerprint density at radius 2 is 1.96 bits per heavy atom. The van der Waals surface area contributed by atoms with Gasteiger partial charge in [0.1, 0.15) is 11.6 Å². The van der Waals surface area contributed by atoms with Crippen LogP contribution in [0.3, 0.4) is 0 Å². The number of methoxy groups -OCH3 is 1. The normalized spacial score (nSPS) is 18.6. The predicted octanol–water partition coefficient (Wildman–Crippen LogP) is 2.05. The molecule has 1 heterocycles. The Morgan fingerprint density at radius 3 is 2.61 bits per heavy atom. The zero-order valence-electron chi connectivity index (χ0n) is 14.9. The van der Waals surface area contributed by atoms with Crippen LogP contribution in [0.25, 0.3) is 0 Å². The van der Waals surface area contributed by atoms with E-state index in [2.05, 4.69) is 5.32 Å². The van der Waals surface area contributed by atoms with E-state index in [1.807, 2.05) is 0 Å². The number of ether oxygens (including phenoxy) is 1. The fraction of sp³-hybridized carbons (Fsp3) is 0.278. The summed E-state index contributed by atoms with van der Waals surface area (Å²) in [4.78, 5) is 12.2. The summed E-state index contributed by atoms with van der Waals surface area (Å²) in [7, 11) is -5.97. The molecule has 1 fully saturated rings. The molecule has 1 aliphatic rings. The second kappa shape index (κ2) is 7.51. The smallest absolute Gasteiger partial charge is 0.258 e. The highest BCUT2D eigenvalue weighted by Gasteiger charge is 2.38. The molecule has 0 aromatic heterocycles. The van der Waals surface area contributed by atoms with Crippen LogP contribution in [0.1, 0.15) is 16.8 Å². The number of benzene rings is 2. The number of carbonyl (C=O) groups is 1. The summed E-state index contributed by atoms with van der Waals surface area (Å²) in [6.07, 6.45) is -0.0205. The second-order valence-electron chi connectivity index (χ2n) is 6.40. The Labute approximate surface area is 162 Å². The molecule has 0 aliphatic carbocycles. The van der Waals surface area contributed by atoms with Crippen LogP contribution in [-0.4, -0.2) is 46.6 Å². The summed E-state index contributed by atoms with van der Waals surface area (Å²) in [5, 5.41) is 1.39. The first-order valence-corrected chi connectivity index (χ1v) is 11.7. The van der Waals surface area contributed by atoms with Crippen molar-refractivity contribution in [3.05, 3.63) is 53.8 Å². The van der Waals surface area contributed by atoms with Gasteiger partial charge in [-0.1, -0.05) is 6.07 Å². The van der Waals surface area contributed by atoms with Gasteiger partial charge in [0.05, 0.1) is 34.3 Å². The number of hydrogen-bond acceptors (Lipinski definition) is 6. The number of anilines is 1. The van der Waals surface area contributed by atoms with E-state index in [1.165, 1.54) is 13.2 Å². The van der Waals surface area contributed by atoms with Crippen LogP contribution < -0.4 is 10.1 Å². The number of sulfone groups is 2. The minimum Gasteiger partial charge on any atom is -0.497 e. The molecular formula is C18H18FNO6S2. The van der Waals surface area contributed by atoms with Gasteiger partial charge >= 0.3 is 0 Å². The zero-order valence-corrected chi connectivity index (χ0v) is 16.5. The molecule has 1 N–H and O–H groups in total. The SMILES string of the molecule is COc1cccc(NC(=O)c2cc(S(=O)(=O)[C@@H]3CCS(=O)(=O)C3)ccc2F)c1. The predicted molar refractivity (Wildman–Crippen MR) is 102 cm³/mol. The number of carbonyl (C=O) groups excluding carboxylic acids is 1. The fourth-order valence-electron chi connectivity index (χ4n) is 2.95. The number of amides is 1. The van der Waals surface area contributed by atoms with Gasteiger partial charge in [-0.2, -0.15) is 0 Å². The molecule has 3 rings (SSSR count). The lowest BCUT2D eigenvalue weighted by Crippen LogP contribution is -2.23. The Hall–Kier alpha value is -2.46. The molecule has 150 valence electrons. The standard InChI is InChI=1S/C18H18FNO6S2/c1-26-13-4-2-3-12(9-13)20-18(21)16-10-14(5-6-17(16)19)28(24,25)15-7-8-27(22,23)11-15/h2-6,9-10,15H,7-8,11H2,1H3,(H,20,21)/t15-/m1/s1. The van der Waals surface area contributed by atoms with E-state index in [0.29, 0.717) is 11.4 Å². The first-order valence-electron chi connectivity index (χ1n) is 8.32. The highest BCUT2D eigenvalue weighted by atomic mass is 32.2. The Morgan fingerprint density at radius 1 is 1.21 bits per heavy atom. The lowest BCUT2D eigenvalue weighted by atomic mass is 10.2. The fourth-order valence-corrected chi connectivity index (χ4v) is 7.34. The van der Waals surface area contributed by atoms with Crippen molar-refractivity contribution in [2.24, 2.45) is 0 Å². The maximum absolute atomic E-state index is 14.2. The maximum atomic E-state index is 14.2. The molecule has 2 aromatic carbocycles. The van der Waals surface area contributed by atoms with Crippen LogP contribution in [0.15, 0.2) is 47.4 Å². The van der Waals surface area contributed by atoms with Crippen molar-refractivity contribution < 1.29 is 30.8 Å². The lowest BCUT2D eigenvalue weighted by molar-refractivity contribution is 0.102. The summed E-state index contributed by atoms with van der Waals surface area (Å²) in [6, 6.07) is 9.26.